The van der Waals surface area contributed by atoms with Crippen LogP contribution in [0.1, 0.15) is 23.1 Å². The second kappa shape index (κ2) is 5.12. The van der Waals surface area contributed by atoms with Gasteiger partial charge in [0.1, 0.15) is 5.75 Å². The van der Waals surface area contributed by atoms with Crippen LogP contribution >= 0.6 is 11.6 Å². The molecule has 0 aromatic heterocycles. The molecular weight excluding hydrogens is 272 g/mol. The molecule has 0 saturated heterocycles. The SMILES string of the molecule is COc1ccc(Cl)cc1CC1(O)CCc2ccccc21. The van der Waals surface area contributed by atoms with E-state index in [9.17, 15) is 5.11 Å². The maximum absolute atomic E-state index is 11.0. The highest BCUT2D eigenvalue weighted by Crippen LogP contribution is 2.41. The van der Waals surface area contributed by atoms with Crippen LogP contribution in [-0.4, -0.2) is 12.2 Å². The van der Waals surface area contributed by atoms with Gasteiger partial charge in [-0.1, -0.05) is 35.9 Å². The van der Waals surface area contributed by atoms with E-state index in [2.05, 4.69) is 6.07 Å². The van der Waals surface area contributed by atoms with Crippen LogP contribution in [0.3, 0.4) is 0 Å². The first-order chi connectivity index (χ1) is 9.62. The summed E-state index contributed by atoms with van der Waals surface area (Å²) in [6.45, 7) is 0. The van der Waals surface area contributed by atoms with Crippen molar-refractivity contribution in [1.29, 1.82) is 0 Å². The van der Waals surface area contributed by atoms with Gasteiger partial charge in [-0.05, 0) is 47.7 Å². The van der Waals surface area contributed by atoms with E-state index in [-0.39, 0.29) is 0 Å². The summed E-state index contributed by atoms with van der Waals surface area (Å²) in [7, 11) is 1.64. The molecule has 1 aliphatic rings. The molecule has 104 valence electrons. The smallest absolute Gasteiger partial charge is 0.122 e. The largest absolute Gasteiger partial charge is 0.496 e. The molecule has 1 N–H and O–H groups in total. The van der Waals surface area contributed by atoms with E-state index in [0.717, 1.165) is 29.7 Å². The van der Waals surface area contributed by atoms with E-state index in [1.165, 1.54) is 5.56 Å². The summed E-state index contributed by atoms with van der Waals surface area (Å²) in [4.78, 5) is 0. The molecule has 1 aliphatic carbocycles. The van der Waals surface area contributed by atoms with Crippen molar-refractivity contribution in [2.24, 2.45) is 0 Å². The van der Waals surface area contributed by atoms with Crippen molar-refractivity contribution in [2.45, 2.75) is 24.9 Å². The van der Waals surface area contributed by atoms with Crippen molar-refractivity contribution in [3.63, 3.8) is 0 Å². The molecule has 0 amide bonds. The van der Waals surface area contributed by atoms with Gasteiger partial charge in [-0.3, -0.25) is 0 Å². The average molecular weight is 289 g/mol. The lowest BCUT2D eigenvalue weighted by Gasteiger charge is -2.25. The van der Waals surface area contributed by atoms with E-state index < -0.39 is 5.60 Å². The molecule has 1 unspecified atom stereocenters. The highest BCUT2D eigenvalue weighted by Gasteiger charge is 2.37. The molecule has 0 fully saturated rings. The molecule has 1 atom stereocenters. The molecule has 0 saturated carbocycles. The molecule has 2 nitrogen and oxygen atoms in total. The van der Waals surface area contributed by atoms with Gasteiger partial charge in [0.2, 0.25) is 0 Å². The summed E-state index contributed by atoms with van der Waals surface area (Å²) in [5.74, 6) is 0.771. The van der Waals surface area contributed by atoms with Gasteiger partial charge in [-0.2, -0.15) is 0 Å². The number of methoxy groups -OCH3 is 1. The lowest BCUT2D eigenvalue weighted by molar-refractivity contribution is 0.0384. The minimum Gasteiger partial charge on any atom is -0.496 e. The van der Waals surface area contributed by atoms with Crippen LogP contribution in [0, 0.1) is 0 Å². The third-order valence-electron chi connectivity index (χ3n) is 4.05. The number of hydrogen-bond acceptors (Lipinski definition) is 2. The number of fused-ring (bicyclic) bond motifs is 1. The molecule has 20 heavy (non-hydrogen) atoms. The second-order valence-corrected chi connectivity index (χ2v) is 5.76. The van der Waals surface area contributed by atoms with Crippen molar-refractivity contribution >= 4 is 11.6 Å². The Bertz CT molecular complexity index is 639. The van der Waals surface area contributed by atoms with Crippen molar-refractivity contribution in [2.75, 3.05) is 7.11 Å². The zero-order valence-electron chi connectivity index (χ0n) is 11.4. The monoisotopic (exact) mass is 288 g/mol. The lowest BCUT2D eigenvalue weighted by Crippen LogP contribution is -2.25. The summed E-state index contributed by atoms with van der Waals surface area (Å²) in [6.07, 6.45) is 2.17. The fourth-order valence-corrected chi connectivity index (χ4v) is 3.25. The topological polar surface area (TPSA) is 29.5 Å². The normalized spacial score (nSPS) is 20.8. The van der Waals surface area contributed by atoms with Crippen LogP contribution in [0.2, 0.25) is 5.02 Å². The van der Waals surface area contributed by atoms with Crippen LogP contribution in [0.15, 0.2) is 42.5 Å². The van der Waals surface area contributed by atoms with Crippen molar-refractivity contribution in [3.8, 4) is 5.75 Å². The summed E-state index contributed by atoms with van der Waals surface area (Å²) < 4.78 is 5.37. The minimum atomic E-state index is -0.825. The third-order valence-corrected chi connectivity index (χ3v) is 4.29. The first-order valence-corrected chi connectivity index (χ1v) is 7.13. The van der Waals surface area contributed by atoms with Crippen molar-refractivity contribution in [1.82, 2.24) is 0 Å². The Morgan fingerprint density at radius 3 is 2.85 bits per heavy atom. The number of halogens is 1. The molecule has 0 bridgehead atoms. The zero-order chi connectivity index (χ0) is 14.2. The standard InChI is InChI=1S/C17H17ClO2/c1-20-16-7-6-14(18)10-13(16)11-17(19)9-8-12-4-2-3-5-15(12)17/h2-7,10,19H,8-9,11H2,1H3. The molecule has 3 heteroatoms. The highest BCUT2D eigenvalue weighted by molar-refractivity contribution is 6.30. The molecule has 3 rings (SSSR count). The number of aliphatic hydroxyl groups is 1. The Balaban J connectivity index is 1.98. The quantitative estimate of drug-likeness (QED) is 0.933. The summed E-state index contributed by atoms with van der Waals surface area (Å²) in [6, 6.07) is 13.6. The van der Waals surface area contributed by atoms with Gasteiger partial charge >= 0.3 is 0 Å². The summed E-state index contributed by atoms with van der Waals surface area (Å²) in [5, 5.41) is 11.7. The Kier molecular flexibility index (Phi) is 3.45. The second-order valence-electron chi connectivity index (χ2n) is 5.32. The number of rotatable bonds is 3. The van der Waals surface area contributed by atoms with Gasteiger partial charge < -0.3 is 9.84 Å². The molecule has 2 aromatic carbocycles. The van der Waals surface area contributed by atoms with Gasteiger partial charge in [-0.25, -0.2) is 0 Å². The van der Waals surface area contributed by atoms with E-state index in [0.29, 0.717) is 11.4 Å². The average Bonchev–Trinajstić information content (AvgIpc) is 2.77. The molecule has 2 aromatic rings. The van der Waals surface area contributed by atoms with E-state index in [1.54, 1.807) is 13.2 Å². The number of ether oxygens (including phenoxy) is 1. The Hall–Kier alpha value is -1.51. The fraction of sp³-hybridized carbons (Fsp3) is 0.294. The van der Waals surface area contributed by atoms with Crippen LogP contribution in [0.5, 0.6) is 5.75 Å². The van der Waals surface area contributed by atoms with Gasteiger partial charge in [-0.15, -0.1) is 0 Å². The maximum atomic E-state index is 11.0. The van der Waals surface area contributed by atoms with Gasteiger partial charge in [0, 0.05) is 11.4 Å². The lowest BCUT2D eigenvalue weighted by atomic mass is 9.88. The molecule has 0 aliphatic heterocycles. The minimum absolute atomic E-state index is 0.522. The van der Waals surface area contributed by atoms with Gasteiger partial charge in [0.25, 0.3) is 0 Å². The van der Waals surface area contributed by atoms with Crippen LogP contribution < -0.4 is 4.74 Å². The third kappa shape index (κ3) is 2.30. The van der Waals surface area contributed by atoms with Gasteiger partial charge in [0.15, 0.2) is 0 Å². The van der Waals surface area contributed by atoms with Gasteiger partial charge in [0.05, 0.1) is 12.7 Å². The molecule has 0 spiro atoms. The van der Waals surface area contributed by atoms with E-state index in [1.807, 2.05) is 30.3 Å². The molecule has 0 radical (unpaired) electrons. The van der Waals surface area contributed by atoms with Crippen molar-refractivity contribution in [3.05, 3.63) is 64.2 Å². The fourth-order valence-electron chi connectivity index (χ4n) is 3.05. The Labute approximate surface area is 124 Å². The first kappa shape index (κ1) is 13.5. The zero-order valence-corrected chi connectivity index (χ0v) is 12.2. The molecular formula is C17H17ClO2. The van der Waals surface area contributed by atoms with E-state index >= 15 is 0 Å². The van der Waals surface area contributed by atoms with Crippen LogP contribution in [-0.2, 0) is 18.4 Å². The van der Waals surface area contributed by atoms with Crippen LogP contribution in [0.25, 0.3) is 0 Å². The Morgan fingerprint density at radius 2 is 2.05 bits per heavy atom. The predicted molar refractivity (Wildman–Crippen MR) is 80.4 cm³/mol. The molecule has 0 heterocycles. The van der Waals surface area contributed by atoms with Crippen LogP contribution in [0.4, 0.5) is 0 Å². The number of hydrogen-bond donors (Lipinski definition) is 1. The summed E-state index contributed by atoms with van der Waals surface area (Å²) >= 11 is 6.07. The Morgan fingerprint density at radius 1 is 1.25 bits per heavy atom. The van der Waals surface area contributed by atoms with E-state index in [4.69, 9.17) is 16.3 Å². The number of aryl methyl sites for hydroxylation is 1. The first-order valence-electron chi connectivity index (χ1n) is 6.75. The highest BCUT2D eigenvalue weighted by atomic mass is 35.5. The number of benzene rings is 2. The maximum Gasteiger partial charge on any atom is 0.122 e. The van der Waals surface area contributed by atoms with Crippen molar-refractivity contribution < 1.29 is 9.84 Å². The summed E-state index contributed by atoms with van der Waals surface area (Å²) in [5.41, 5.74) is 2.38. The predicted octanol–water partition coefficient (Wildman–Crippen LogP) is 3.73.